The number of nitrogens with two attached hydrogens (primary N) is 1. The van der Waals surface area contributed by atoms with Gasteiger partial charge in [-0.1, -0.05) is 0 Å². The van der Waals surface area contributed by atoms with E-state index in [1.807, 2.05) is 0 Å². The summed E-state index contributed by atoms with van der Waals surface area (Å²) in [5.74, 6) is -0.292. The van der Waals surface area contributed by atoms with Crippen LogP contribution >= 0.6 is 0 Å². The lowest BCUT2D eigenvalue weighted by Gasteiger charge is -2.05. The Hall–Kier alpha value is -0.420. The van der Waals surface area contributed by atoms with Crippen molar-refractivity contribution in [2.45, 2.75) is 25.5 Å². The van der Waals surface area contributed by atoms with Crippen molar-refractivity contribution in [3.8, 4) is 0 Å². The van der Waals surface area contributed by atoms with Crippen LogP contribution in [0.25, 0.3) is 0 Å². The van der Waals surface area contributed by atoms with Crippen molar-refractivity contribution < 1.29 is 13.2 Å². The zero-order valence-electron chi connectivity index (χ0n) is 7.41. The molecule has 4 nitrogen and oxygen atoms in total. The lowest BCUT2D eigenvalue weighted by Crippen LogP contribution is -2.22. The molecule has 12 heavy (non-hydrogen) atoms. The highest BCUT2D eigenvalue weighted by Crippen LogP contribution is 2.02. The number of Topliss-reactive ketones (excluding diaryl/α,β-unsaturated/α-hetero) is 1. The third-order valence-electron chi connectivity index (χ3n) is 1.61. The molecular formula is C7H15NO3S. The van der Waals surface area contributed by atoms with Crippen LogP contribution in [-0.2, 0) is 14.6 Å². The first kappa shape index (κ1) is 11.6. The number of sulfone groups is 1. The molecule has 0 saturated carbocycles. The first-order chi connectivity index (χ1) is 5.40. The maximum atomic E-state index is 11.2. The number of carbonyl (C=O) groups is 1. The van der Waals surface area contributed by atoms with Crippen molar-refractivity contribution in [2.75, 3.05) is 12.3 Å². The van der Waals surface area contributed by atoms with Gasteiger partial charge in [-0.05, 0) is 13.8 Å². The van der Waals surface area contributed by atoms with Gasteiger partial charge in [0, 0.05) is 6.42 Å². The molecule has 5 heteroatoms. The predicted molar refractivity (Wildman–Crippen MR) is 47.6 cm³/mol. The van der Waals surface area contributed by atoms with Gasteiger partial charge in [0.1, 0.15) is 5.78 Å². The Morgan fingerprint density at radius 3 is 2.25 bits per heavy atom. The van der Waals surface area contributed by atoms with Gasteiger partial charge in [0.25, 0.3) is 0 Å². The number of hydrogen-bond acceptors (Lipinski definition) is 4. The van der Waals surface area contributed by atoms with Crippen LogP contribution in [0.4, 0.5) is 0 Å². The minimum atomic E-state index is -3.08. The van der Waals surface area contributed by atoms with E-state index in [1.165, 1.54) is 0 Å². The monoisotopic (exact) mass is 193 g/mol. The molecule has 0 aliphatic rings. The smallest absolute Gasteiger partial charge is 0.153 e. The third kappa shape index (κ3) is 3.82. The summed E-state index contributed by atoms with van der Waals surface area (Å²) in [4.78, 5) is 10.7. The Labute approximate surface area is 73.1 Å². The Morgan fingerprint density at radius 1 is 1.42 bits per heavy atom. The van der Waals surface area contributed by atoms with Crippen LogP contribution in [-0.4, -0.2) is 31.7 Å². The van der Waals surface area contributed by atoms with E-state index in [1.54, 1.807) is 13.8 Å². The summed E-state index contributed by atoms with van der Waals surface area (Å²) in [6, 6.07) is 0. The van der Waals surface area contributed by atoms with E-state index in [4.69, 9.17) is 5.73 Å². The van der Waals surface area contributed by atoms with E-state index in [0.717, 1.165) is 0 Å². The highest BCUT2D eigenvalue weighted by Gasteiger charge is 2.16. The molecule has 2 N–H and O–H groups in total. The van der Waals surface area contributed by atoms with Crippen molar-refractivity contribution >= 4 is 15.6 Å². The molecule has 0 saturated heterocycles. The summed E-state index contributed by atoms with van der Waals surface area (Å²) in [6.07, 6.45) is 0.0387. The molecule has 0 radical (unpaired) electrons. The van der Waals surface area contributed by atoms with Crippen LogP contribution in [0, 0.1) is 0 Å². The van der Waals surface area contributed by atoms with E-state index >= 15 is 0 Å². The zero-order chi connectivity index (χ0) is 9.78. The zero-order valence-corrected chi connectivity index (χ0v) is 8.23. The second kappa shape index (κ2) is 4.57. The Bertz CT molecular complexity index is 243. The standard InChI is InChI=1S/C7H15NO3S/c1-6(2)12(10,11)4-3-7(9)5-8/h6H,3-5,8H2,1-2H3. The first-order valence-electron chi connectivity index (χ1n) is 3.83. The van der Waals surface area contributed by atoms with E-state index in [-0.39, 0.29) is 24.5 Å². The lowest BCUT2D eigenvalue weighted by molar-refractivity contribution is -0.117. The summed E-state index contributed by atoms with van der Waals surface area (Å²) < 4.78 is 22.3. The van der Waals surface area contributed by atoms with Crippen molar-refractivity contribution in [3.63, 3.8) is 0 Å². The molecule has 0 spiro atoms. The van der Waals surface area contributed by atoms with Crippen LogP contribution < -0.4 is 5.73 Å². The van der Waals surface area contributed by atoms with E-state index in [2.05, 4.69) is 0 Å². The third-order valence-corrected chi connectivity index (χ3v) is 3.82. The first-order valence-corrected chi connectivity index (χ1v) is 5.55. The van der Waals surface area contributed by atoms with Crippen LogP contribution in [0.1, 0.15) is 20.3 Å². The number of rotatable bonds is 5. The van der Waals surface area contributed by atoms with Crippen molar-refractivity contribution in [3.05, 3.63) is 0 Å². The molecule has 0 unspecified atom stereocenters. The molecule has 0 heterocycles. The largest absolute Gasteiger partial charge is 0.324 e. The van der Waals surface area contributed by atoms with Crippen LogP contribution in [0.2, 0.25) is 0 Å². The van der Waals surface area contributed by atoms with E-state index < -0.39 is 15.1 Å². The van der Waals surface area contributed by atoms with E-state index in [0.29, 0.717) is 0 Å². The molecule has 0 aromatic carbocycles. The molecule has 0 amide bonds. The normalized spacial score (nSPS) is 12.0. The maximum Gasteiger partial charge on any atom is 0.153 e. The van der Waals surface area contributed by atoms with Gasteiger partial charge in [0.05, 0.1) is 17.5 Å². The van der Waals surface area contributed by atoms with Crippen molar-refractivity contribution in [1.82, 2.24) is 0 Å². The fourth-order valence-corrected chi connectivity index (χ4v) is 1.58. The summed E-state index contributed by atoms with van der Waals surface area (Å²) in [5, 5.41) is -0.414. The lowest BCUT2D eigenvalue weighted by atomic mass is 10.3. The second-order valence-corrected chi connectivity index (χ2v) is 5.59. The van der Waals surface area contributed by atoms with Gasteiger partial charge in [-0.3, -0.25) is 4.79 Å². The highest BCUT2D eigenvalue weighted by molar-refractivity contribution is 7.91. The minimum Gasteiger partial charge on any atom is -0.324 e. The maximum absolute atomic E-state index is 11.2. The molecule has 0 aliphatic heterocycles. The summed E-state index contributed by atoms with van der Waals surface area (Å²) in [6.45, 7) is 3.12. The van der Waals surface area contributed by atoms with Gasteiger partial charge in [0.2, 0.25) is 0 Å². The molecule has 72 valence electrons. The van der Waals surface area contributed by atoms with Crippen molar-refractivity contribution in [2.24, 2.45) is 5.73 Å². The summed E-state index contributed by atoms with van der Waals surface area (Å²) >= 11 is 0. The van der Waals surface area contributed by atoms with Crippen LogP contribution in [0.3, 0.4) is 0 Å². The molecule has 0 aromatic heterocycles. The fraction of sp³-hybridized carbons (Fsp3) is 0.857. The fourth-order valence-electron chi connectivity index (χ4n) is 0.594. The minimum absolute atomic E-state index is 0.0387. The Kier molecular flexibility index (Phi) is 4.41. The number of carbonyl (C=O) groups excluding carboxylic acids is 1. The average molecular weight is 193 g/mol. The molecule has 0 aromatic rings. The number of ketones is 1. The topological polar surface area (TPSA) is 77.2 Å². The van der Waals surface area contributed by atoms with Crippen LogP contribution in [0.5, 0.6) is 0 Å². The average Bonchev–Trinajstić information content (AvgIpc) is 2.00. The van der Waals surface area contributed by atoms with Gasteiger partial charge < -0.3 is 5.73 Å². The predicted octanol–water partition coefficient (Wildman–Crippen LogP) is -0.272. The SMILES string of the molecule is CC(C)S(=O)(=O)CCC(=O)CN. The Balaban J connectivity index is 4.02. The molecule has 0 aliphatic carbocycles. The molecule has 0 rings (SSSR count). The molecular weight excluding hydrogens is 178 g/mol. The van der Waals surface area contributed by atoms with Crippen molar-refractivity contribution in [1.29, 1.82) is 0 Å². The van der Waals surface area contributed by atoms with E-state index in [9.17, 15) is 13.2 Å². The molecule has 0 atom stereocenters. The van der Waals surface area contributed by atoms with Crippen LogP contribution in [0.15, 0.2) is 0 Å². The van der Waals surface area contributed by atoms with Gasteiger partial charge in [0.15, 0.2) is 9.84 Å². The summed E-state index contributed by atoms with van der Waals surface area (Å²) in [7, 11) is -3.08. The Morgan fingerprint density at radius 2 is 1.92 bits per heavy atom. The van der Waals surface area contributed by atoms with Gasteiger partial charge in [-0.2, -0.15) is 0 Å². The number of hydrogen-bond donors (Lipinski definition) is 1. The second-order valence-electron chi connectivity index (χ2n) is 2.91. The molecule has 0 bridgehead atoms. The highest BCUT2D eigenvalue weighted by atomic mass is 32.2. The van der Waals surface area contributed by atoms with Gasteiger partial charge in [-0.25, -0.2) is 8.42 Å². The summed E-state index contributed by atoms with van der Waals surface area (Å²) in [5.41, 5.74) is 5.03. The van der Waals surface area contributed by atoms with Gasteiger partial charge >= 0.3 is 0 Å². The molecule has 0 fully saturated rings. The van der Waals surface area contributed by atoms with Gasteiger partial charge in [-0.15, -0.1) is 0 Å². The quantitative estimate of drug-likeness (QED) is 0.652.